The lowest BCUT2D eigenvalue weighted by atomic mass is 9.81. The van der Waals surface area contributed by atoms with Crippen LogP contribution < -0.4 is 0 Å². The first-order chi connectivity index (χ1) is 5.23. The van der Waals surface area contributed by atoms with Gasteiger partial charge < -0.3 is 4.74 Å². The maximum absolute atomic E-state index is 11.4. The summed E-state index contributed by atoms with van der Waals surface area (Å²) in [6.07, 6.45) is 3.92. The average Bonchev–Trinajstić information content (AvgIpc) is 2.50. The molecule has 11 heavy (non-hydrogen) atoms. The second kappa shape index (κ2) is 1.47. The normalized spacial score (nSPS) is 58.6. The van der Waals surface area contributed by atoms with Crippen LogP contribution in [0.15, 0.2) is 0 Å². The summed E-state index contributed by atoms with van der Waals surface area (Å²) in [7, 11) is 0. The van der Waals surface area contributed by atoms with E-state index in [1.165, 1.54) is 12.8 Å². The van der Waals surface area contributed by atoms with Crippen molar-refractivity contribution in [2.75, 3.05) is 0 Å². The van der Waals surface area contributed by atoms with E-state index in [4.69, 9.17) is 4.74 Å². The van der Waals surface area contributed by atoms with Crippen LogP contribution >= 0.6 is 0 Å². The summed E-state index contributed by atoms with van der Waals surface area (Å²) in [5, 5.41) is 0. The molecule has 2 nitrogen and oxygen atoms in total. The molecule has 1 heterocycles. The number of esters is 1. The van der Waals surface area contributed by atoms with Crippen LogP contribution in [-0.4, -0.2) is 12.1 Å². The van der Waals surface area contributed by atoms with Crippen LogP contribution in [0.25, 0.3) is 0 Å². The van der Waals surface area contributed by atoms with Crippen LogP contribution in [-0.2, 0) is 9.53 Å². The van der Waals surface area contributed by atoms with Gasteiger partial charge in [-0.1, -0.05) is 0 Å². The highest BCUT2D eigenvalue weighted by Crippen LogP contribution is 2.63. The number of hydrogen-bond donors (Lipinski definition) is 0. The predicted octanol–water partition coefficient (Wildman–Crippen LogP) is 1.35. The van der Waals surface area contributed by atoms with Gasteiger partial charge in [0.25, 0.3) is 0 Å². The fourth-order valence-corrected chi connectivity index (χ4v) is 3.38. The van der Waals surface area contributed by atoms with Gasteiger partial charge in [-0.3, -0.25) is 4.79 Å². The maximum atomic E-state index is 11.4. The second-order valence-electron chi connectivity index (χ2n) is 4.34. The molecule has 0 radical (unpaired) electrons. The zero-order valence-corrected chi connectivity index (χ0v) is 6.67. The molecule has 0 amide bonds. The van der Waals surface area contributed by atoms with E-state index < -0.39 is 0 Å². The summed E-state index contributed by atoms with van der Waals surface area (Å²) in [5.74, 6) is 1.31. The molecule has 0 aromatic rings. The molecule has 3 rings (SSSR count). The highest BCUT2D eigenvalue weighted by Gasteiger charge is 2.67. The third-order valence-electron chi connectivity index (χ3n) is 4.11. The molecule has 2 heteroatoms. The van der Waals surface area contributed by atoms with Crippen molar-refractivity contribution in [1.82, 2.24) is 0 Å². The van der Waals surface area contributed by atoms with Gasteiger partial charge >= 0.3 is 5.97 Å². The van der Waals surface area contributed by atoms with E-state index in [-0.39, 0.29) is 11.4 Å². The van der Waals surface area contributed by atoms with Gasteiger partial charge in [-0.2, -0.15) is 0 Å². The Labute approximate surface area is 65.9 Å². The molecule has 60 valence electrons. The molecule has 1 saturated heterocycles. The van der Waals surface area contributed by atoms with Crippen LogP contribution in [0.5, 0.6) is 0 Å². The lowest BCUT2D eigenvalue weighted by molar-refractivity contribution is -0.155. The summed E-state index contributed by atoms with van der Waals surface area (Å²) in [6.45, 7) is 2.10. The summed E-state index contributed by atoms with van der Waals surface area (Å²) < 4.78 is 5.26. The van der Waals surface area contributed by atoms with Crippen molar-refractivity contribution in [2.45, 2.75) is 32.3 Å². The van der Waals surface area contributed by atoms with E-state index in [9.17, 15) is 4.79 Å². The third kappa shape index (κ3) is 0.445. The van der Waals surface area contributed by atoms with Gasteiger partial charge in [0.2, 0.25) is 0 Å². The summed E-state index contributed by atoms with van der Waals surface area (Å²) in [4.78, 5) is 11.4. The Balaban J connectivity index is 2.14. The molecule has 4 atom stereocenters. The first kappa shape index (κ1) is 6.04. The minimum atomic E-state index is -0.0648. The van der Waals surface area contributed by atoms with E-state index in [2.05, 4.69) is 6.92 Å². The Bertz CT molecular complexity index is 236. The number of rotatable bonds is 0. The second-order valence-corrected chi connectivity index (χ2v) is 4.34. The number of carbonyl (C=O) groups is 1. The topological polar surface area (TPSA) is 26.3 Å². The van der Waals surface area contributed by atoms with E-state index >= 15 is 0 Å². The monoisotopic (exact) mass is 152 g/mol. The average molecular weight is 152 g/mol. The molecule has 3 fully saturated rings. The highest BCUT2D eigenvalue weighted by molar-refractivity contribution is 5.81. The summed E-state index contributed by atoms with van der Waals surface area (Å²) >= 11 is 0. The van der Waals surface area contributed by atoms with Gasteiger partial charge in [-0.15, -0.1) is 0 Å². The molecule has 2 saturated carbocycles. The van der Waals surface area contributed by atoms with Crippen molar-refractivity contribution in [3.05, 3.63) is 0 Å². The standard InChI is InChI=1S/C9H12O2/c1-9-5-2-3-6(9)7(4-5)11-8(9)10/h5-7H,2-4H2,1H3/t5-,6+,7+,9+/m0/s1. The summed E-state index contributed by atoms with van der Waals surface area (Å²) in [6, 6.07) is 0. The zero-order chi connectivity index (χ0) is 7.64. The first-order valence-corrected chi connectivity index (χ1v) is 4.44. The molecule has 0 spiro atoms. The summed E-state index contributed by atoms with van der Waals surface area (Å²) in [5.41, 5.74) is -0.0648. The van der Waals surface area contributed by atoms with Crippen LogP contribution in [0.3, 0.4) is 0 Å². The Morgan fingerprint density at radius 2 is 2.36 bits per heavy atom. The van der Waals surface area contributed by atoms with Gasteiger partial charge in [0.05, 0.1) is 5.41 Å². The predicted molar refractivity (Wildman–Crippen MR) is 38.8 cm³/mol. The molecule has 0 N–H and O–H groups in total. The van der Waals surface area contributed by atoms with Crippen LogP contribution in [0, 0.1) is 17.3 Å². The molecule has 0 aromatic heterocycles. The van der Waals surface area contributed by atoms with Gasteiger partial charge in [0.1, 0.15) is 6.10 Å². The Kier molecular flexibility index (Phi) is 0.809. The lowest BCUT2D eigenvalue weighted by Crippen LogP contribution is -2.31. The highest BCUT2D eigenvalue weighted by atomic mass is 16.6. The van der Waals surface area contributed by atoms with Crippen molar-refractivity contribution in [3.63, 3.8) is 0 Å². The minimum Gasteiger partial charge on any atom is -0.462 e. The smallest absolute Gasteiger partial charge is 0.312 e. The quantitative estimate of drug-likeness (QED) is 0.490. The fraction of sp³-hybridized carbons (Fsp3) is 0.889. The Morgan fingerprint density at radius 3 is 2.91 bits per heavy atom. The van der Waals surface area contributed by atoms with Gasteiger partial charge in [-0.25, -0.2) is 0 Å². The van der Waals surface area contributed by atoms with Crippen LogP contribution in [0.1, 0.15) is 26.2 Å². The zero-order valence-electron chi connectivity index (χ0n) is 6.67. The number of ether oxygens (including phenoxy) is 1. The Hall–Kier alpha value is -0.530. The number of carbonyl (C=O) groups excluding carboxylic acids is 1. The van der Waals surface area contributed by atoms with E-state index in [0.717, 1.165) is 6.42 Å². The van der Waals surface area contributed by atoms with Crippen molar-refractivity contribution in [3.8, 4) is 0 Å². The number of hydrogen-bond acceptors (Lipinski definition) is 2. The Morgan fingerprint density at radius 1 is 1.55 bits per heavy atom. The molecule has 0 unspecified atom stereocenters. The first-order valence-electron chi connectivity index (χ1n) is 4.44. The minimum absolute atomic E-state index is 0.0648. The van der Waals surface area contributed by atoms with E-state index in [0.29, 0.717) is 17.9 Å². The molecule has 3 aliphatic rings. The third-order valence-corrected chi connectivity index (χ3v) is 4.11. The van der Waals surface area contributed by atoms with E-state index in [1.807, 2.05) is 0 Å². The van der Waals surface area contributed by atoms with Gasteiger partial charge in [0, 0.05) is 5.92 Å². The van der Waals surface area contributed by atoms with Crippen LogP contribution in [0.2, 0.25) is 0 Å². The van der Waals surface area contributed by atoms with Crippen molar-refractivity contribution in [2.24, 2.45) is 17.3 Å². The van der Waals surface area contributed by atoms with Crippen LogP contribution in [0.4, 0.5) is 0 Å². The SMILES string of the molecule is C[C@@]12C(=O)O[C@@H]3C[C@@H]1CC[C@H]32. The van der Waals surface area contributed by atoms with Gasteiger partial charge in [0.15, 0.2) is 0 Å². The van der Waals surface area contributed by atoms with Gasteiger partial charge in [-0.05, 0) is 32.1 Å². The van der Waals surface area contributed by atoms with Crippen molar-refractivity contribution in [1.29, 1.82) is 0 Å². The van der Waals surface area contributed by atoms with Crippen molar-refractivity contribution >= 4 is 5.97 Å². The molecule has 4 bridgehead atoms. The molecule has 2 aliphatic carbocycles. The lowest BCUT2D eigenvalue weighted by Gasteiger charge is -2.25. The fourth-order valence-electron chi connectivity index (χ4n) is 3.38. The maximum Gasteiger partial charge on any atom is 0.312 e. The van der Waals surface area contributed by atoms with Crippen molar-refractivity contribution < 1.29 is 9.53 Å². The molecule has 0 aromatic carbocycles. The largest absolute Gasteiger partial charge is 0.462 e. The molecular weight excluding hydrogens is 140 g/mol. The molecule has 1 aliphatic heterocycles. The van der Waals surface area contributed by atoms with E-state index in [1.54, 1.807) is 0 Å². The molecular formula is C9H12O2.